The molecule has 2 nitrogen and oxygen atoms in total. The van der Waals surface area contributed by atoms with E-state index in [1.165, 1.54) is 0 Å². The Labute approximate surface area is 118 Å². The van der Waals surface area contributed by atoms with Crippen molar-refractivity contribution in [2.75, 3.05) is 0 Å². The summed E-state index contributed by atoms with van der Waals surface area (Å²) in [6.07, 6.45) is 0.525. The van der Waals surface area contributed by atoms with Crippen molar-refractivity contribution in [3.05, 3.63) is 56.2 Å². The summed E-state index contributed by atoms with van der Waals surface area (Å²) in [6, 6.07) is 9.66. The van der Waals surface area contributed by atoms with E-state index in [-0.39, 0.29) is 0 Å². The number of halogens is 1. The van der Waals surface area contributed by atoms with Crippen LogP contribution in [0.4, 0.5) is 0 Å². The van der Waals surface area contributed by atoms with Gasteiger partial charge in [0.05, 0.1) is 5.92 Å². The zero-order valence-corrected chi connectivity index (χ0v) is 12.3. The molecule has 0 aliphatic carbocycles. The van der Waals surface area contributed by atoms with E-state index in [1.807, 2.05) is 42.6 Å². The summed E-state index contributed by atoms with van der Waals surface area (Å²) in [6.45, 7) is 1.98. The molecule has 2 rings (SSSR count). The number of carbonyl (C=O) groups is 1. The Balaban J connectivity index is 2.30. The van der Waals surface area contributed by atoms with Crippen LogP contribution in [0.15, 0.2) is 40.2 Å². The van der Waals surface area contributed by atoms with Crippen molar-refractivity contribution in [3.8, 4) is 0 Å². The van der Waals surface area contributed by atoms with Crippen molar-refractivity contribution in [3.63, 3.8) is 0 Å². The molecule has 4 heteroatoms. The third kappa shape index (κ3) is 3.00. The van der Waals surface area contributed by atoms with Gasteiger partial charge >= 0.3 is 5.97 Å². The lowest BCUT2D eigenvalue weighted by Crippen LogP contribution is -2.14. The molecule has 0 amide bonds. The number of aliphatic carboxylic acids is 1. The zero-order valence-electron chi connectivity index (χ0n) is 9.89. The molecule has 2 aromatic rings. The van der Waals surface area contributed by atoms with Crippen LogP contribution in [0.5, 0.6) is 0 Å². The maximum absolute atomic E-state index is 11.4. The van der Waals surface area contributed by atoms with Crippen LogP contribution in [0.1, 0.15) is 21.9 Å². The highest BCUT2D eigenvalue weighted by Crippen LogP contribution is 2.29. The molecule has 0 bridgehead atoms. The Bertz CT molecular complexity index is 562. The predicted molar refractivity (Wildman–Crippen MR) is 77.3 cm³/mol. The number of benzene rings is 1. The van der Waals surface area contributed by atoms with E-state index >= 15 is 0 Å². The van der Waals surface area contributed by atoms with Gasteiger partial charge in [-0.1, -0.05) is 29.8 Å². The first-order valence-electron chi connectivity index (χ1n) is 5.59. The van der Waals surface area contributed by atoms with Crippen LogP contribution < -0.4 is 0 Å². The van der Waals surface area contributed by atoms with Gasteiger partial charge in [0.15, 0.2) is 0 Å². The largest absolute Gasteiger partial charge is 0.481 e. The summed E-state index contributed by atoms with van der Waals surface area (Å²) in [7, 11) is 0. The molecule has 0 aliphatic heterocycles. The normalized spacial score (nSPS) is 12.3. The smallest absolute Gasteiger partial charge is 0.311 e. The van der Waals surface area contributed by atoms with Crippen LogP contribution >= 0.6 is 27.3 Å². The molecule has 1 N–H and O–H groups in total. The summed E-state index contributed by atoms with van der Waals surface area (Å²) < 4.78 is 0.992. The third-order valence-electron chi connectivity index (χ3n) is 2.82. The monoisotopic (exact) mass is 324 g/mol. The van der Waals surface area contributed by atoms with Gasteiger partial charge in [0.2, 0.25) is 0 Å². The van der Waals surface area contributed by atoms with Crippen molar-refractivity contribution < 1.29 is 9.90 Å². The van der Waals surface area contributed by atoms with Crippen molar-refractivity contribution in [2.24, 2.45) is 0 Å². The van der Waals surface area contributed by atoms with Crippen LogP contribution in [-0.2, 0) is 11.2 Å². The molecule has 1 unspecified atom stereocenters. The van der Waals surface area contributed by atoms with Gasteiger partial charge in [-0.2, -0.15) is 0 Å². The number of thiophene rings is 1. The Morgan fingerprint density at radius 1 is 1.44 bits per heavy atom. The number of rotatable bonds is 4. The van der Waals surface area contributed by atoms with Gasteiger partial charge in [-0.3, -0.25) is 4.79 Å². The summed E-state index contributed by atoms with van der Waals surface area (Å²) in [5.74, 6) is -1.26. The molecular formula is C14H13BrO2S. The summed E-state index contributed by atoms with van der Waals surface area (Å²) in [4.78, 5) is 12.5. The first kappa shape index (κ1) is 13.3. The van der Waals surface area contributed by atoms with Crippen molar-refractivity contribution in [1.29, 1.82) is 0 Å². The van der Waals surface area contributed by atoms with Crippen LogP contribution in [0.3, 0.4) is 0 Å². The van der Waals surface area contributed by atoms with Gasteiger partial charge < -0.3 is 5.11 Å². The first-order chi connectivity index (χ1) is 8.58. The molecule has 0 spiro atoms. The van der Waals surface area contributed by atoms with Crippen molar-refractivity contribution in [2.45, 2.75) is 19.3 Å². The molecule has 0 aliphatic rings. The third-order valence-corrected chi connectivity index (χ3v) is 4.77. The lowest BCUT2D eigenvalue weighted by molar-refractivity contribution is -0.138. The number of hydrogen-bond donors (Lipinski definition) is 1. The van der Waals surface area contributed by atoms with Crippen molar-refractivity contribution in [1.82, 2.24) is 0 Å². The molecule has 1 heterocycles. The number of carboxylic acids is 1. The zero-order chi connectivity index (χ0) is 13.1. The fourth-order valence-electron chi connectivity index (χ4n) is 1.89. The maximum Gasteiger partial charge on any atom is 0.311 e. The van der Waals surface area contributed by atoms with E-state index in [4.69, 9.17) is 0 Å². The van der Waals surface area contributed by atoms with Crippen LogP contribution in [0.25, 0.3) is 0 Å². The molecule has 1 atom stereocenters. The lowest BCUT2D eigenvalue weighted by atomic mass is 9.94. The van der Waals surface area contributed by atoms with E-state index in [0.717, 1.165) is 20.5 Å². The Morgan fingerprint density at radius 2 is 2.22 bits per heavy atom. The van der Waals surface area contributed by atoms with Crippen LogP contribution in [0, 0.1) is 6.92 Å². The van der Waals surface area contributed by atoms with Gasteiger partial charge in [-0.15, -0.1) is 11.3 Å². The van der Waals surface area contributed by atoms with Gasteiger partial charge in [0.25, 0.3) is 0 Å². The van der Waals surface area contributed by atoms with Gasteiger partial charge in [0.1, 0.15) is 0 Å². The standard InChI is InChI=1S/C14H13BrO2S/c1-9-3-2-4-10(7-9)11(14(16)17)8-13-12(15)5-6-18-13/h2-7,11H,8H2,1H3,(H,16,17). The average Bonchev–Trinajstić information content (AvgIpc) is 2.71. The van der Waals surface area contributed by atoms with Gasteiger partial charge in [-0.25, -0.2) is 0 Å². The minimum Gasteiger partial charge on any atom is -0.481 e. The van der Waals surface area contributed by atoms with Gasteiger partial charge in [0, 0.05) is 15.8 Å². The number of aryl methyl sites for hydroxylation is 1. The second-order valence-electron chi connectivity index (χ2n) is 4.20. The van der Waals surface area contributed by atoms with E-state index in [9.17, 15) is 9.90 Å². The lowest BCUT2D eigenvalue weighted by Gasteiger charge is -2.12. The molecule has 94 valence electrons. The Kier molecular flexibility index (Phi) is 4.19. The van der Waals surface area contributed by atoms with Crippen LogP contribution in [0.2, 0.25) is 0 Å². The average molecular weight is 325 g/mol. The quantitative estimate of drug-likeness (QED) is 0.913. The highest BCUT2D eigenvalue weighted by molar-refractivity contribution is 9.10. The highest BCUT2D eigenvalue weighted by Gasteiger charge is 2.21. The number of carboxylic acid groups (broad SMARTS) is 1. The van der Waals surface area contributed by atoms with E-state index in [1.54, 1.807) is 11.3 Å². The second kappa shape index (κ2) is 5.67. The maximum atomic E-state index is 11.4. The van der Waals surface area contributed by atoms with Crippen molar-refractivity contribution >= 4 is 33.2 Å². The summed E-state index contributed by atoms with van der Waals surface area (Å²) in [5, 5.41) is 11.4. The topological polar surface area (TPSA) is 37.3 Å². The van der Waals surface area contributed by atoms with E-state index in [0.29, 0.717) is 6.42 Å². The molecule has 1 aromatic heterocycles. The minimum atomic E-state index is -0.777. The summed E-state index contributed by atoms with van der Waals surface area (Å²) >= 11 is 5.03. The molecular weight excluding hydrogens is 312 g/mol. The van der Waals surface area contributed by atoms with Gasteiger partial charge in [-0.05, 0) is 39.9 Å². The number of hydrogen-bond acceptors (Lipinski definition) is 2. The molecule has 0 saturated heterocycles. The Morgan fingerprint density at radius 3 is 2.78 bits per heavy atom. The minimum absolute atomic E-state index is 0.486. The molecule has 0 radical (unpaired) electrons. The fraction of sp³-hybridized carbons (Fsp3) is 0.214. The molecule has 1 aromatic carbocycles. The molecule has 18 heavy (non-hydrogen) atoms. The predicted octanol–water partition coefficient (Wildman–Crippen LogP) is 4.23. The summed E-state index contributed by atoms with van der Waals surface area (Å²) in [5.41, 5.74) is 1.95. The second-order valence-corrected chi connectivity index (χ2v) is 6.06. The SMILES string of the molecule is Cc1cccc(C(Cc2sccc2Br)C(=O)O)c1. The molecule has 0 fully saturated rings. The van der Waals surface area contributed by atoms with E-state index in [2.05, 4.69) is 15.9 Å². The fourth-order valence-corrected chi connectivity index (χ4v) is 3.45. The first-order valence-corrected chi connectivity index (χ1v) is 7.26. The Hall–Kier alpha value is -1.13. The van der Waals surface area contributed by atoms with E-state index < -0.39 is 11.9 Å². The highest BCUT2D eigenvalue weighted by atomic mass is 79.9. The van der Waals surface area contributed by atoms with Crippen LogP contribution in [-0.4, -0.2) is 11.1 Å². The molecule has 0 saturated carbocycles.